The van der Waals surface area contributed by atoms with E-state index >= 15 is 0 Å². The Morgan fingerprint density at radius 3 is 2.63 bits per heavy atom. The first-order valence-electron chi connectivity index (χ1n) is 9.03. The lowest BCUT2D eigenvalue weighted by atomic mass is 9.86. The van der Waals surface area contributed by atoms with Gasteiger partial charge in [0.25, 0.3) is 5.91 Å². The Hall–Kier alpha value is -2.31. The van der Waals surface area contributed by atoms with Crippen LogP contribution in [0.15, 0.2) is 30.3 Å². The van der Waals surface area contributed by atoms with Gasteiger partial charge in [-0.15, -0.1) is 0 Å². The first-order chi connectivity index (χ1) is 12.7. The highest BCUT2D eigenvalue weighted by Crippen LogP contribution is 2.29. The molecule has 0 bridgehead atoms. The Balaban J connectivity index is 1.89. The molecule has 0 spiro atoms. The lowest BCUT2D eigenvalue weighted by molar-refractivity contribution is -0.150. The van der Waals surface area contributed by atoms with Gasteiger partial charge in [-0.25, -0.2) is 4.79 Å². The van der Waals surface area contributed by atoms with E-state index in [1.807, 2.05) is 0 Å². The van der Waals surface area contributed by atoms with Crippen molar-refractivity contribution in [2.75, 3.05) is 0 Å². The first-order valence-corrected chi connectivity index (χ1v) is 9.03. The van der Waals surface area contributed by atoms with E-state index < -0.39 is 23.8 Å². The van der Waals surface area contributed by atoms with Gasteiger partial charge in [-0.05, 0) is 49.5 Å². The summed E-state index contributed by atoms with van der Waals surface area (Å²) in [5.41, 5.74) is -0.581. The molecular formula is C20H24F3NO3. The monoisotopic (exact) mass is 383 g/mol. The zero-order valence-electron chi connectivity index (χ0n) is 15.4. The second-order valence-electron chi connectivity index (χ2n) is 6.91. The highest BCUT2D eigenvalue weighted by molar-refractivity contribution is 5.90. The summed E-state index contributed by atoms with van der Waals surface area (Å²) in [6, 6.07) is 4.67. The predicted octanol–water partition coefficient (Wildman–Crippen LogP) is 4.35. The maximum absolute atomic E-state index is 12.7. The summed E-state index contributed by atoms with van der Waals surface area (Å²) in [7, 11) is 0. The van der Waals surface area contributed by atoms with Crippen molar-refractivity contribution < 1.29 is 27.5 Å². The summed E-state index contributed by atoms with van der Waals surface area (Å²) < 4.78 is 43.1. The van der Waals surface area contributed by atoms with Crippen molar-refractivity contribution in [3.63, 3.8) is 0 Å². The van der Waals surface area contributed by atoms with E-state index in [1.165, 1.54) is 25.1 Å². The highest BCUT2D eigenvalue weighted by Gasteiger charge is 2.30. The number of carbonyl (C=O) groups is 2. The molecule has 1 N–H and O–H groups in total. The van der Waals surface area contributed by atoms with Crippen LogP contribution in [0.1, 0.15) is 50.7 Å². The standard InChI is InChI=1S/C20H24F3NO3/c1-13-6-3-4-9-17(13)24-19(26)14(2)27-18(25)11-10-15-7-5-8-16(12-15)20(21,22)23/h5,7-8,10-14,17H,3-4,6,9H2,1-2H3,(H,24,26). The van der Waals surface area contributed by atoms with Crippen LogP contribution in [0.5, 0.6) is 0 Å². The van der Waals surface area contributed by atoms with E-state index in [2.05, 4.69) is 12.2 Å². The number of amides is 1. The third-order valence-corrected chi connectivity index (χ3v) is 4.73. The number of nitrogens with one attached hydrogen (secondary N) is 1. The number of alkyl halides is 3. The van der Waals surface area contributed by atoms with Crippen molar-refractivity contribution in [2.24, 2.45) is 5.92 Å². The zero-order valence-corrected chi connectivity index (χ0v) is 15.4. The predicted molar refractivity (Wildman–Crippen MR) is 95.6 cm³/mol. The fourth-order valence-corrected chi connectivity index (χ4v) is 3.08. The molecule has 1 aliphatic rings. The Bertz CT molecular complexity index is 700. The number of esters is 1. The number of halogens is 3. The molecule has 3 unspecified atom stereocenters. The van der Waals surface area contributed by atoms with Crippen molar-refractivity contribution in [1.82, 2.24) is 5.32 Å². The van der Waals surface area contributed by atoms with Crippen LogP contribution in [0.25, 0.3) is 6.08 Å². The largest absolute Gasteiger partial charge is 0.449 e. The third-order valence-electron chi connectivity index (χ3n) is 4.73. The minimum atomic E-state index is -4.45. The quantitative estimate of drug-likeness (QED) is 0.608. The molecule has 7 heteroatoms. The van der Waals surface area contributed by atoms with Crippen LogP contribution in [-0.4, -0.2) is 24.0 Å². The van der Waals surface area contributed by atoms with Crippen LogP contribution >= 0.6 is 0 Å². The molecule has 1 saturated carbocycles. The number of hydrogen-bond acceptors (Lipinski definition) is 3. The van der Waals surface area contributed by atoms with Gasteiger partial charge in [0.2, 0.25) is 0 Å². The fraction of sp³-hybridized carbons (Fsp3) is 0.500. The molecule has 0 heterocycles. The smallest absolute Gasteiger partial charge is 0.416 e. The molecule has 0 aromatic heterocycles. The molecule has 4 nitrogen and oxygen atoms in total. The summed E-state index contributed by atoms with van der Waals surface area (Å²) >= 11 is 0. The minimum absolute atomic E-state index is 0.0769. The molecule has 27 heavy (non-hydrogen) atoms. The van der Waals surface area contributed by atoms with Crippen molar-refractivity contribution in [2.45, 2.75) is 57.9 Å². The van der Waals surface area contributed by atoms with Gasteiger partial charge in [-0.2, -0.15) is 13.2 Å². The average molecular weight is 383 g/mol. The molecule has 0 saturated heterocycles. The van der Waals surface area contributed by atoms with Crippen LogP contribution in [0.2, 0.25) is 0 Å². The van der Waals surface area contributed by atoms with Crippen molar-refractivity contribution in [3.8, 4) is 0 Å². The number of hydrogen-bond donors (Lipinski definition) is 1. The minimum Gasteiger partial charge on any atom is -0.449 e. The van der Waals surface area contributed by atoms with E-state index in [9.17, 15) is 22.8 Å². The van der Waals surface area contributed by atoms with Crippen molar-refractivity contribution in [1.29, 1.82) is 0 Å². The number of carbonyl (C=O) groups excluding carboxylic acids is 2. The number of rotatable bonds is 5. The van der Waals surface area contributed by atoms with E-state index in [0.29, 0.717) is 5.92 Å². The maximum atomic E-state index is 12.7. The normalized spacial score (nSPS) is 21.7. The summed E-state index contributed by atoms with van der Waals surface area (Å²) in [4.78, 5) is 24.0. The first kappa shape index (κ1) is 21.0. The van der Waals surface area contributed by atoms with E-state index in [1.54, 1.807) is 0 Å². The zero-order chi connectivity index (χ0) is 20.0. The van der Waals surface area contributed by atoms with Gasteiger partial charge in [0.1, 0.15) is 0 Å². The summed E-state index contributed by atoms with van der Waals surface area (Å²) in [6.45, 7) is 3.55. The number of benzene rings is 1. The van der Waals surface area contributed by atoms with E-state index in [-0.39, 0.29) is 17.5 Å². The van der Waals surface area contributed by atoms with Crippen molar-refractivity contribution >= 4 is 18.0 Å². The molecule has 0 radical (unpaired) electrons. The molecule has 0 aliphatic heterocycles. The van der Waals surface area contributed by atoms with Gasteiger partial charge in [-0.1, -0.05) is 31.9 Å². The third kappa shape index (κ3) is 6.41. The van der Waals surface area contributed by atoms with Gasteiger partial charge >= 0.3 is 12.1 Å². The summed E-state index contributed by atoms with van der Waals surface area (Å²) in [5.74, 6) is -0.771. The SMILES string of the molecule is CC(OC(=O)C=Cc1cccc(C(F)(F)F)c1)C(=O)NC1CCCCC1C. The van der Waals surface area contributed by atoms with Gasteiger partial charge in [0.05, 0.1) is 5.56 Å². The van der Waals surface area contributed by atoms with Crippen LogP contribution in [0.4, 0.5) is 13.2 Å². The lowest BCUT2D eigenvalue weighted by Crippen LogP contribution is -2.45. The lowest BCUT2D eigenvalue weighted by Gasteiger charge is -2.30. The molecule has 1 aromatic rings. The Morgan fingerprint density at radius 2 is 1.96 bits per heavy atom. The summed E-state index contributed by atoms with van der Waals surface area (Å²) in [6.07, 6.45) is 0.989. The fourth-order valence-electron chi connectivity index (χ4n) is 3.08. The maximum Gasteiger partial charge on any atom is 0.416 e. The van der Waals surface area contributed by atoms with Crippen LogP contribution in [-0.2, 0) is 20.5 Å². The molecule has 1 fully saturated rings. The van der Waals surface area contributed by atoms with E-state index in [0.717, 1.165) is 43.9 Å². The highest BCUT2D eigenvalue weighted by atomic mass is 19.4. The topological polar surface area (TPSA) is 55.4 Å². The van der Waals surface area contributed by atoms with Crippen LogP contribution in [0.3, 0.4) is 0 Å². The Morgan fingerprint density at radius 1 is 1.26 bits per heavy atom. The molecule has 148 valence electrons. The van der Waals surface area contributed by atoms with Gasteiger partial charge < -0.3 is 10.1 Å². The summed E-state index contributed by atoms with van der Waals surface area (Å²) in [5, 5.41) is 2.91. The Kier molecular flexibility index (Phi) is 7.05. The molecule has 1 amide bonds. The van der Waals surface area contributed by atoms with Crippen molar-refractivity contribution in [3.05, 3.63) is 41.5 Å². The Labute approximate surface area is 156 Å². The van der Waals surface area contributed by atoms with Gasteiger partial charge in [-0.3, -0.25) is 4.79 Å². The average Bonchev–Trinajstić information content (AvgIpc) is 2.61. The molecular weight excluding hydrogens is 359 g/mol. The molecule has 1 aliphatic carbocycles. The van der Waals surface area contributed by atoms with Gasteiger partial charge in [0.15, 0.2) is 6.10 Å². The van der Waals surface area contributed by atoms with Crippen LogP contribution in [0, 0.1) is 5.92 Å². The molecule has 1 aromatic carbocycles. The van der Waals surface area contributed by atoms with Crippen LogP contribution < -0.4 is 5.32 Å². The van der Waals surface area contributed by atoms with E-state index in [4.69, 9.17) is 4.74 Å². The second kappa shape index (κ2) is 9.06. The molecule has 2 rings (SSSR count). The second-order valence-corrected chi connectivity index (χ2v) is 6.91. The number of ether oxygens (including phenoxy) is 1. The molecule has 3 atom stereocenters. The van der Waals surface area contributed by atoms with Gasteiger partial charge in [0, 0.05) is 12.1 Å².